The third-order valence-electron chi connectivity index (χ3n) is 5.46. The Bertz CT molecular complexity index is 564. The average Bonchev–Trinajstić information content (AvgIpc) is 2.55. The Kier molecular flexibility index (Phi) is 6.86. The van der Waals surface area contributed by atoms with Gasteiger partial charge in [0.15, 0.2) is 0 Å². The maximum atomic E-state index is 10.7. The summed E-state index contributed by atoms with van der Waals surface area (Å²) in [6.07, 6.45) is 5.31. The fourth-order valence-corrected chi connectivity index (χ4v) is 4.61. The van der Waals surface area contributed by atoms with E-state index >= 15 is 0 Å². The summed E-state index contributed by atoms with van der Waals surface area (Å²) in [4.78, 5) is 17.2. The van der Waals surface area contributed by atoms with Gasteiger partial charge in [0.1, 0.15) is 6.10 Å². The van der Waals surface area contributed by atoms with Gasteiger partial charge in [0.25, 0.3) is 0 Å². The fourth-order valence-electron chi connectivity index (χ4n) is 4.61. The maximum Gasteiger partial charge on any atom is 0.303 e. The summed E-state index contributed by atoms with van der Waals surface area (Å²) in [5.74, 6) is -0.0792. The molecule has 1 aromatic rings. The Hall–Kier alpha value is -1.39. The van der Waals surface area contributed by atoms with Crippen molar-refractivity contribution in [1.29, 1.82) is 0 Å². The van der Waals surface area contributed by atoms with Gasteiger partial charge in [-0.05, 0) is 65.4 Å². The van der Waals surface area contributed by atoms with Gasteiger partial charge in [-0.25, -0.2) is 0 Å². The Labute approximate surface area is 158 Å². The second kappa shape index (κ2) is 8.53. The lowest BCUT2D eigenvalue weighted by atomic mass is 9.73. The topological polar surface area (TPSA) is 49.8 Å². The highest BCUT2D eigenvalue weighted by Gasteiger charge is 2.46. The third-order valence-corrected chi connectivity index (χ3v) is 5.46. The van der Waals surface area contributed by atoms with Gasteiger partial charge in [0.05, 0.1) is 0 Å². The highest BCUT2D eigenvalue weighted by molar-refractivity contribution is 5.66. The molecule has 0 aliphatic carbocycles. The molecule has 0 amide bonds. The molecule has 0 saturated carbocycles. The Morgan fingerprint density at radius 3 is 2.27 bits per heavy atom. The minimum Gasteiger partial charge on any atom is -0.481 e. The minimum absolute atomic E-state index is 0.0156. The monoisotopic (exact) mass is 361 g/mol. The first-order valence-corrected chi connectivity index (χ1v) is 9.86. The van der Waals surface area contributed by atoms with Gasteiger partial charge in [-0.3, -0.25) is 9.63 Å². The highest BCUT2D eigenvalue weighted by atomic mass is 16.7. The van der Waals surface area contributed by atoms with E-state index in [2.05, 4.69) is 63.9 Å². The average molecular weight is 362 g/mol. The van der Waals surface area contributed by atoms with Crippen molar-refractivity contribution in [3.63, 3.8) is 0 Å². The molecular weight excluding hydrogens is 326 g/mol. The molecular formula is C22H35NO3. The second-order valence-corrected chi connectivity index (χ2v) is 8.99. The summed E-state index contributed by atoms with van der Waals surface area (Å²) in [6.45, 7) is 11.1. The lowest BCUT2D eigenvalue weighted by molar-refractivity contribution is -0.310. The number of carboxylic acids is 1. The van der Waals surface area contributed by atoms with Crippen molar-refractivity contribution in [3.05, 3.63) is 35.9 Å². The molecule has 1 saturated heterocycles. The van der Waals surface area contributed by atoms with Crippen LogP contribution in [0.1, 0.15) is 84.8 Å². The molecule has 0 aromatic heterocycles. The minimum atomic E-state index is -0.691. The summed E-state index contributed by atoms with van der Waals surface area (Å²) in [7, 11) is 0. The summed E-state index contributed by atoms with van der Waals surface area (Å²) < 4.78 is 0. The van der Waals surface area contributed by atoms with Gasteiger partial charge in [0, 0.05) is 17.5 Å². The number of rotatable bonds is 8. The van der Waals surface area contributed by atoms with E-state index in [4.69, 9.17) is 9.94 Å². The van der Waals surface area contributed by atoms with Gasteiger partial charge in [0.2, 0.25) is 0 Å². The third kappa shape index (κ3) is 5.55. The SMILES string of the molecule is CC(ON1C(C)(C)CC(CCCCC(=O)O)CC1(C)C)c1ccccc1. The van der Waals surface area contributed by atoms with E-state index in [0.29, 0.717) is 5.92 Å². The van der Waals surface area contributed by atoms with Crippen molar-refractivity contribution in [2.24, 2.45) is 5.92 Å². The lowest BCUT2D eigenvalue weighted by Crippen LogP contribution is -2.60. The van der Waals surface area contributed by atoms with Gasteiger partial charge < -0.3 is 5.11 Å². The van der Waals surface area contributed by atoms with E-state index in [1.54, 1.807) is 0 Å². The quantitative estimate of drug-likeness (QED) is 0.613. The van der Waals surface area contributed by atoms with Crippen molar-refractivity contribution in [2.45, 2.75) is 90.3 Å². The van der Waals surface area contributed by atoms with E-state index in [-0.39, 0.29) is 23.6 Å². The Morgan fingerprint density at radius 2 is 1.73 bits per heavy atom. The zero-order valence-electron chi connectivity index (χ0n) is 17.0. The molecule has 0 radical (unpaired) electrons. The predicted molar refractivity (Wildman–Crippen MR) is 105 cm³/mol. The van der Waals surface area contributed by atoms with Crippen molar-refractivity contribution >= 4 is 5.97 Å². The number of hydrogen-bond acceptors (Lipinski definition) is 3. The van der Waals surface area contributed by atoms with Crippen LogP contribution in [0.25, 0.3) is 0 Å². The number of benzene rings is 1. The molecule has 1 N–H and O–H groups in total. The standard InChI is InChI=1S/C22H35NO3/c1-17(19-12-7-6-8-13-19)26-23-21(2,3)15-18(16-22(23,4)5)11-9-10-14-20(24)25/h6-8,12-13,17-18H,9-11,14-16H2,1-5H3,(H,24,25). The number of hydroxylamine groups is 2. The van der Waals surface area contributed by atoms with E-state index in [1.807, 2.05) is 6.07 Å². The molecule has 1 unspecified atom stereocenters. The predicted octanol–water partition coefficient (Wildman–Crippen LogP) is 5.59. The molecule has 1 heterocycles. The molecule has 0 bridgehead atoms. The van der Waals surface area contributed by atoms with E-state index < -0.39 is 5.97 Å². The van der Waals surface area contributed by atoms with Crippen LogP contribution in [0.4, 0.5) is 0 Å². The lowest BCUT2D eigenvalue weighted by Gasteiger charge is -2.54. The maximum absolute atomic E-state index is 10.7. The van der Waals surface area contributed by atoms with Crippen LogP contribution in [0.5, 0.6) is 0 Å². The molecule has 1 aliphatic heterocycles. The first-order valence-electron chi connectivity index (χ1n) is 9.86. The highest BCUT2D eigenvalue weighted by Crippen LogP contribution is 2.44. The number of aliphatic carboxylic acids is 1. The van der Waals surface area contributed by atoms with Crippen LogP contribution in [0.15, 0.2) is 30.3 Å². The number of piperidine rings is 1. The molecule has 4 nitrogen and oxygen atoms in total. The summed E-state index contributed by atoms with van der Waals surface area (Å²) in [6, 6.07) is 10.4. The molecule has 0 spiro atoms. The molecule has 146 valence electrons. The van der Waals surface area contributed by atoms with Crippen LogP contribution in [-0.2, 0) is 9.63 Å². The van der Waals surface area contributed by atoms with Crippen molar-refractivity contribution in [3.8, 4) is 0 Å². The zero-order chi connectivity index (χ0) is 19.4. The molecule has 1 aromatic carbocycles. The summed E-state index contributed by atoms with van der Waals surface area (Å²) in [5, 5.41) is 11.0. The van der Waals surface area contributed by atoms with Gasteiger partial charge in [-0.1, -0.05) is 43.2 Å². The van der Waals surface area contributed by atoms with Crippen molar-refractivity contribution < 1.29 is 14.7 Å². The number of unbranched alkanes of at least 4 members (excludes halogenated alkanes) is 1. The smallest absolute Gasteiger partial charge is 0.303 e. The van der Waals surface area contributed by atoms with Gasteiger partial charge >= 0.3 is 5.97 Å². The molecule has 1 aliphatic rings. The second-order valence-electron chi connectivity index (χ2n) is 8.99. The van der Waals surface area contributed by atoms with Crippen LogP contribution < -0.4 is 0 Å². The van der Waals surface area contributed by atoms with Crippen LogP contribution in [0.3, 0.4) is 0 Å². The molecule has 2 rings (SSSR count). The van der Waals surface area contributed by atoms with Crippen LogP contribution in [0, 0.1) is 5.92 Å². The Morgan fingerprint density at radius 1 is 1.15 bits per heavy atom. The van der Waals surface area contributed by atoms with E-state index in [1.165, 1.54) is 5.56 Å². The van der Waals surface area contributed by atoms with E-state index in [9.17, 15) is 4.79 Å². The molecule has 1 atom stereocenters. The van der Waals surface area contributed by atoms with Crippen LogP contribution in [-0.4, -0.2) is 27.2 Å². The Balaban J connectivity index is 1.99. The first-order chi connectivity index (χ1) is 12.1. The largest absolute Gasteiger partial charge is 0.481 e. The summed E-state index contributed by atoms with van der Waals surface area (Å²) >= 11 is 0. The van der Waals surface area contributed by atoms with Crippen LogP contribution >= 0.6 is 0 Å². The molecule has 4 heteroatoms. The fraction of sp³-hybridized carbons (Fsp3) is 0.682. The number of nitrogens with zero attached hydrogens (tertiary/aromatic N) is 1. The number of carboxylic acid groups (broad SMARTS) is 1. The molecule has 1 fully saturated rings. The number of hydrogen-bond donors (Lipinski definition) is 1. The molecule has 26 heavy (non-hydrogen) atoms. The van der Waals surface area contributed by atoms with Crippen molar-refractivity contribution in [1.82, 2.24) is 5.06 Å². The van der Waals surface area contributed by atoms with Crippen molar-refractivity contribution in [2.75, 3.05) is 0 Å². The normalized spacial score (nSPS) is 21.4. The number of carbonyl (C=O) groups is 1. The van der Waals surface area contributed by atoms with Gasteiger partial charge in [-0.2, -0.15) is 5.06 Å². The van der Waals surface area contributed by atoms with Crippen LogP contribution in [0.2, 0.25) is 0 Å². The van der Waals surface area contributed by atoms with Gasteiger partial charge in [-0.15, -0.1) is 0 Å². The first kappa shape index (κ1) is 20.9. The summed E-state index contributed by atoms with van der Waals surface area (Å²) in [5.41, 5.74) is 1.08. The zero-order valence-corrected chi connectivity index (χ0v) is 17.0. The van der Waals surface area contributed by atoms with E-state index in [0.717, 1.165) is 32.1 Å².